The Labute approximate surface area is 128 Å². The summed E-state index contributed by atoms with van der Waals surface area (Å²) in [7, 11) is 8.13. The lowest BCUT2D eigenvalue weighted by Gasteiger charge is -2.34. The van der Waals surface area contributed by atoms with Crippen LogP contribution in [0.2, 0.25) is 0 Å². The zero-order valence-corrected chi connectivity index (χ0v) is 13.6. The Hall–Kier alpha value is -1.55. The molecule has 0 heterocycles. The molecule has 1 aliphatic carbocycles. The molecule has 0 spiro atoms. The Morgan fingerprint density at radius 3 is 2.29 bits per heavy atom. The Morgan fingerprint density at radius 2 is 1.71 bits per heavy atom. The highest BCUT2D eigenvalue weighted by Crippen LogP contribution is 2.31. The molecular formula is C17H27N3O. The van der Waals surface area contributed by atoms with Crippen molar-refractivity contribution in [2.24, 2.45) is 10.9 Å². The van der Waals surface area contributed by atoms with Crippen molar-refractivity contribution in [2.75, 3.05) is 34.7 Å². The van der Waals surface area contributed by atoms with Crippen LogP contribution in [0.25, 0.3) is 0 Å². The van der Waals surface area contributed by atoms with Crippen LogP contribution in [-0.4, -0.2) is 56.6 Å². The van der Waals surface area contributed by atoms with Crippen molar-refractivity contribution >= 4 is 5.96 Å². The van der Waals surface area contributed by atoms with Gasteiger partial charge in [0.15, 0.2) is 5.96 Å². The summed E-state index contributed by atoms with van der Waals surface area (Å²) in [4.78, 5) is 8.83. The van der Waals surface area contributed by atoms with Crippen LogP contribution in [0.3, 0.4) is 0 Å². The maximum absolute atomic E-state index is 5.93. The van der Waals surface area contributed by atoms with Gasteiger partial charge in [-0.15, -0.1) is 0 Å². The van der Waals surface area contributed by atoms with E-state index in [1.165, 1.54) is 5.56 Å². The molecule has 1 aromatic carbocycles. The van der Waals surface area contributed by atoms with Crippen molar-refractivity contribution < 1.29 is 4.74 Å². The lowest BCUT2D eigenvalue weighted by molar-refractivity contribution is -0.0375. The van der Waals surface area contributed by atoms with Crippen LogP contribution in [0.5, 0.6) is 0 Å². The minimum Gasteiger partial charge on any atom is -0.374 e. The summed E-state index contributed by atoms with van der Waals surface area (Å²) in [6.07, 6.45) is 2.67. The summed E-state index contributed by atoms with van der Waals surface area (Å²) in [5.74, 6) is 1.70. The molecule has 0 unspecified atom stereocenters. The molecule has 0 bridgehead atoms. The van der Waals surface area contributed by atoms with Crippen molar-refractivity contribution in [3.8, 4) is 0 Å². The SMILES string of the molecule is CN(C)C(=NCC1CC(OCc2ccccc2)C1)N(C)C. The number of nitrogens with zero attached hydrogens (tertiary/aromatic N) is 3. The molecule has 1 aliphatic rings. The predicted octanol–water partition coefficient (Wildman–Crippen LogP) is 2.46. The molecule has 0 atom stereocenters. The third-order valence-electron chi connectivity index (χ3n) is 3.81. The number of aliphatic imine (C=N–C) groups is 1. The highest BCUT2D eigenvalue weighted by atomic mass is 16.5. The first-order chi connectivity index (χ1) is 10.1. The van der Waals surface area contributed by atoms with Crippen LogP contribution in [0.15, 0.2) is 35.3 Å². The second-order valence-corrected chi connectivity index (χ2v) is 6.19. The monoisotopic (exact) mass is 289 g/mol. The number of hydrogen-bond acceptors (Lipinski definition) is 2. The fraction of sp³-hybridized carbons (Fsp3) is 0.588. The first-order valence-corrected chi connectivity index (χ1v) is 7.61. The van der Waals surface area contributed by atoms with E-state index in [0.717, 1.165) is 32.0 Å². The Morgan fingerprint density at radius 1 is 1.10 bits per heavy atom. The van der Waals surface area contributed by atoms with Crippen molar-refractivity contribution in [2.45, 2.75) is 25.6 Å². The molecule has 0 radical (unpaired) electrons. The highest BCUT2D eigenvalue weighted by Gasteiger charge is 2.29. The first kappa shape index (κ1) is 15.8. The van der Waals surface area contributed by atoms with Gasteiger partial charge in [0.05, 0.1) is 12.7 Å². The van der Waals surface area contributed by atoms with E-state index in [4.69, 9.17) is 9.73 Å². The van der Waals surface area contributed by atoms with E-state index in [9.17, 15) is 0 Å². The zero-order chi connectivity index (χ0) is 15.2. The van der Waals surface area contributed by atoms with Gasteiger partial charge >= 0.3 is 0 Å². The highest BCUT2D eigenvalue weighted by molar-refractivity contribution is 5.79. The van der Waals surface area contributed by atoms with Crippen LogP contribution in [0.4, 0.5) is 0 Å². The minimum absolute atomic E-state index is 0.410. The lowest BCUT2D eigenvalue weighted by atomic mass is 9.82. The summed E-state index contributed by atoms with van der Waals surface area (Å²) in [6, 6.07) is 10.4. The molecule has 0 saturated heterocycles. The summed E-state index contributed by atoms with van der Waals surface area (Å²) in [6.45, 7) is 1.62. The van der Waals surface area contributed by atoms with Gasteiger partial charge in [0.1, 0.15) is 0 Å². The minimum atomic E-state index is 0.410. The smallest absolute Gasteiger partial charge is 0.195 e. The topological polar surface area (TPSA) is 28.1 Å². The molecule has 0 N–H and O–H groups in total. The van der Waals surface area contributed by atoms with Crippen molar-refractivity contribution in [3.63, 3.8) is 0 Å². The number of guanidine groups is 1. The zero-order valence-electron chi connectivity index (χ0n) is 13.6. The van der Waals surface area contributed by atoms with E-state index in [2.05, 4.69) is 34.1 Å². The average molecular weight is 289 g/mol. The largest absolute Gasteiger partial charge is 0.374 e. The van der Waals surface area contributed by atoms with Gasteiger partial charge in [-0.25, -0.2) is 0 Å². The van der Waals surface area contributed by atoms with Gasteiger partial charge in [0.2, 0.25) is 0 Å². The number of benzene rings is 1. The van der Waals surface area contributed by atoms with E-state index in [1.54, 1.807) is 0 Å². The van der Waals surface area contributed by atoms with Crippen molar-refractivity contribution in [1.29, 1.82) is 0 Å². The third-order valence-corrected chi connectivity index (χ3v) is 3.81. The molecule has 21 heavy (non-hydrogen) atoms. The van der Waals surface area contributed by atoms with Gasteiger partial charge in [-0.1, -0.05) is 30.3 Å². The van der Waals surface area contributed by atoms with Crippen LogP contribution < -0.4 is 0 Å². The molecule has 0 aliphatic heterocycles. The maximum atomic E-state index is 5.93. The standard InChI is InChI=1S/C17H27N3O/c1-19(2)17(20(3)4)18-12-15-10-16(11-15)21-13-14-8-6-5-7-9-14/h5-9,15-16H,10-13H2,1-4H3. The molecule has 0 aromatic heterocycles. The second kappa shape index (κ2) is 7.46. The van der Waals surface area contributed by atoms with Gasteiger partial charge in [-0.2, -0.15) is 0 Å². The Bertz CT molecular complexity index is 440. The number of ether oxygens (including phenoxy) is 1. The summed E-state index contributed by atoms with van der Waals surface area (Å²) >= 11 is 0. The van der Waals surface area contributed by atoms with Gasteiger partial charge in [-0.05, 0) is 24.3 Å². The predicted molar refractivity (Wildman–Crippen MR) is 87.4 cm³/mol. The maximum Gasteiger partial charge on any atom is 0.195 e. The Kier molecular flexibility index (Phi) is 5.62. The van der Waals surface area contributed by atoms with Crippen LogP contribution in [-0.2, 0) is 11.3 Å². The van der Waals surface area contributed by atoms with E-state index in [1.807, 2.05) is 34.3 Å². The fourth-order valence-corrected chi connectivity index (χ4v) is 2.64. The number of hydrogen-bond donors (Lipinski definition) is 0. The lowest BCUT2D eigenvalue weighted by Crippen LogP contribution is -2.37. The quantitative estimate of drug-likeness (QED) is 0.616. The summed E-state index contributed by atoms with van der Waals surface area (Å²) < 4.78 is 5.93. The molecule has 2 rings (SSSR count). The Balaban J connectivity index is 1.68. The average Bonchev–Trinajstić information content (AvgIpc) is 2.40. The third kappa shape index (κ3) is 4.74. The van der Waals surface area contributed by atoms with Gasteiger partial charge < -0.3 is 14.5 Å². The van der Waals surface area contributed by atoms with Crippen LogP contribution >= 0.6 is 0 Å². The first-order valence-electron chi connectivity index (χ1n) is 7.61. The fourth-order valence-electron chi connectivity index (χ4n) is 2.64. The van der Waals surface area contributed by atoms with Gasteiger partial charge in [-0.3, -0.25) is 4.99 Å². The van der Waals surface area contributed by atoms with Crippen molar-refractivity contribution in [1.82, 2.24) is 9.80 Å². The molecule has 1 aromatic rings. The van der Waals surface area contributed by atoms with Gasteiger partial charge in [0.25, 0.3) is 0 Å². The molecule has 1 fully saturated rings. The normalized spacial score (nSPS) is 20.6. The number of rotatable bonds is 5. The van der Waals surface area contributed by atoms with E-state index >= 15 is 0 Å². The summed E-state index contributed by atoms with van der Waals surface area (Å²) in [5.41, 5.74) is 1.25. The molecule has 4 heteroatoms. The van der Waals surface area contributed by atoms with Crippen molar-refractivity contribution in [3.05, 3.63) is 35.9 Å². The van der Waals surface area contributed by atoms with Crippen LogP contribution in [0, 0.1) is 5.92 Å². The molecular weight excluding hydrogens is 262 g/mol. The molecule has 1 saturated carbocycles. The molecule has 116 valence electrons. The van der Waals surface area contributed by atoms with E-state index < -0.39 is 0 Å². The molecule has 0 amide bonds. The molecule has 4 nitrogen and oxygen atoms in total. The van der Waals surface area contributed by atoms with E-state index in [0.29, 0.717) is 12.0 Å². The van der Waals surface area contributed by atoms with Crippen LogP contribution in [0.1, 0.15) is 18.4 Å². The van der Waals surface area contributed by atoms with E-state index in [-0.39, 0.29) is 0 Å². The summed E-state index contributed by atoms with van der Waals surface area (Å²) in [5, 5.41) is 0. The van der Waals surface area contributed by atoms with Gasteiger partial charge in [0, 0.05) is 34.7 Å². The second-order valence-electron chi connectivity index (χ2n) is 6.19.